The Bertz CT molecular complexity index is 1060. The molecule has 1 aromatic heterocycles. The monoisotopic (exact) mass is 396 g/mol. The number of anilines is 2. The Hall–Kier alpha value is -2.81. The summed E-state index contributed by atoms with van der Waals surface area (Å²) in [6.07, 6.45) is 2.24. The fourth-order valence-corrected chi connectivity index (χ4v) is 3.88. The SMILES string of the molecule is Cc1cnc2n1C(Cc1ccc(C#N)cc1)C(=O)N2c1cc(Cl)cc(Cl)c1. The minimum atomic E-state index is -0.423. The number of halogens is 2. The minimum Gasteiger partial charge on any atom is -0.301 e. The number of aryl methyl sites for hydroxylation is 1. The molecule has 0 N–H and O–H groups in total. The number of nitriles is 1. The van der Waals surface area contributed by atoms with Gasteiger partial charge in [-0.05, 0) is 42.8 Å². The second-order valence-electron chi connectivity index (χ2n) is 6.40. The van der Waals surface area contributed by atoms with E-state index in [0.29, 0.717) is 33.7 Å². The zero-order valence-corrected chi connectivity index (χ0v) is 15.9. The van der Waals surface area contributed by atoms with Gasteiger partial charge in [0.1, 0.15) is 6.04 Å². The molecule has 1 amide bonds. The number of carbonyl (C=O) groups excluding carboxylic acids is 1. The van der Waals surface area contributed by atoms with E-state index in [4.69, 9.17) is 28.5 Å². The van der Waals surface area contributed by atoms with Gasteiger partial charge in [-0.1, -0.05) is 35.3 Å². The maximum atomic E-state index is 13.3. The van der Waals surface area contributed by atoms with E-state index in [9.17, 15) is 4.79 Å². The number of amides is 1. The number of benzene rings is 2. The van der Waals surface area contributed by atoms with Crippen molar-refractivity contribution in [3.8, 4) is 6.07 Å². The zero-order chi connectivity index (χ0) is 19.1. The second-order valence-corrected chi connectivity index (χ2v) is 7.27. The molecule has 7 heteroatoms. The van der Waals surface area contributed by atoms with Crippen molar-refractivity contribution in [1.29, 1.82) is 5.26 Å². The number of hydrogen-bond donors (Lipinski definition) is 0. The van der Waals surface area contributed by atoms with Gasteiger partial charge in [0.15, 0.2) is 0 Å². The summed E-state index contributed by atoms with van der Waals surface area (Å²) in [6, 6.07) is 14.0. The van der Waals surface area contributed by atoms with E-state index in [-0.39, 0.29) is 5.91 Å². The van der Waals surface area contributed by atoms with E-state index in [1.54, 1.807) is 41.4 Å². The van der Waals surface area contributed by atoms with Crippen molar-refractivity contribution in [2.45, 2.75) is 19.4 Å². The molecule has 0 saturated carbocycles. The molecule has 0 spiro atoms. The molecule has 0 bridgehead atoms. The predicted molar refractivity (Wildman–Crippen MR) is 104 cm³/mol. The molecule has 1 atom stereocenters. The van der Waals surface area contributed by atoms with Crippen LogP contribution in [0.2, 0.25) is 10.0 Å². The van der Waals surface area contributed by atoms with Gasteiger partial charge in [-0.2, -0.15) is 5.26 Å². The van der Waals surface area contributed by atoms with E-state index < -0.39 is 6.04 Å². The first-order valence-corrected chi connectivity index (χ1v) is 9.06. The van der Waals surface area contributed by atoms with Crippen LogP contribution in [-0.4, -0.2) is 15.5 Å². The summed E-state index contributed by atoms with van der Waals surface area (Å²) in [6.45, 7) is 1.92. The van der Waals surface area contributed by atoms with Crippen LogP contribution in [0.1, 0.15) is 22.9 Å². The van der Waals surface area contributed by atoms with Crippen LogP contribution in [0, 0.1) is 18.3 Å². The Kier molecular flexibility index (Phi) is 4.39. The molecule has 3 aromatic rings. The summed E-state index contributed by atoms with van der Waals surface area (Å²) < 4.78 is 1.93. The molecule has 1 unspecified atom stereocenters. The Morgan fingerprint density at radius 1 is 1.15 bits per heavy atom. The molecule has 2 heterocycles. The van der Waals surface area contributed by atoms with Gasteiger partial charge in [-0.15, -0.1) is 0 Å². The maximum Gasteiger partial charge on any atom is 0.257 e. The van der Waals surface area contributed by atoms with Crippen molar-refractivity contribution in [3.63, 3.8) is 0 Å². The number of nitrogens with zero attached hydrogens (tertiary/aromatic N) is 4. The largest absolute Gasteiger partial charge is 0.301 e. The normalized spacial score (nSPS) is 15.7. The molecular weight excluding hydrogens is 383 g/mol. The predicted octanol–water partition coefficient (Wildman–Crippen LogP) is 4.83. The first-order chi connectivity index (χ1) is 13.0. The van der Waals surface area contributed by atoms with Gasteiger partial charge in [0.25, 0.3) is 5.91 Å². The molecule has 1 aliphatic rings. The summed E-state index contributed by atoms with van der Waals surface area (Å²) >= 11 is 12.3. The van der Waals surface area contributed by atoms with E-state index in [1.807, 2.05) is 23.6 Å². The number of hydrogen-bond acceptors (Lipinski definition) is 3. The number of rotatable bonds is 3. The van der Waals surface area contributed by atoms with Gasteiger partial charge in [0, 0.05) is 22.2 Å². The molecule has 2 aromatic carbocycles. The van der Waals surface area contributed by atoms with Crippen molar-refractivity contribution >= 4 is 40.7 Å². The minimum absolute atomic E-state index is 0.0936. The Morgan fingerprint density at radius 2 is 1.81 bits per heavy atom. The molecule has 0 radical (unpaired) electrons. The highest BCUT2D eigenvalue weighted by Crippen LogP contribution is 2.39. The van der Waals surface area contributed by atoms with Crippen LogP contribution in [0.5, 0.6) is 0 Å². The Morgan fingerprint density at radius 3 is 2.44 bits per heavy atom. The second kappa shape index (κ2) is 6.73. The van der Waals surface area contributed by atoms with Gasteiger partial charge >= 0.3 is 0 Å². The third-order valence-electron chi connectivity index (χ3n) is 4.60. The van der Waals surface area contributed by atoms with Crippen molar-refractivity contribution in [1.82, 2.24) is 9.55 Å². The first kappa shape index (κ1) is 17.6. The molecule has 0 aliphatic carbocycles. The smallest absolute Gasteiger partial charge is 0.257 e. The van der Waals surface area contributed by atoms with Crippen LogP contribution >= 0.6 is 23.2 Å². The van der Waals surface area contributed by atoms with E-state index in [0.717, 1.165) is 11.3 Å². The van der Waals surface area contributed by atoms with E-state index in [1.165, 1.54) is 0 Å². The summed E-state index contributed by atoms with van der Waals surface area (Å²) in [5.74, 6) is 0.457. The number of fused-ring (bicyclic) bond motifs is 1. The highest BCUT2D eigenvalue weighted by molar-refractivity contribution is 6.35. The fourth-order valence-electron chi connectivity index (χ4n) is 3.37. The average Bonchev–Trinajstić information content (AvgIpc) is 3.13. The molecule has 134 valence electrons. The zero-order valence-electron chi connectivity index (χ0n) is 14.4. The van der Waals surface area contributed by atoms with Gasteiger partial charge < -0.3 is 4.57 Å². The quantitative estimate of drug-likeness (QED) is 0.636. The van der Waals surface area contributed by atoms with E-state index >= 15 is 0 Å². The van der Waals surface area contributed by atoms with E-state index in [2.05, 4.69) is 11.1 Å². The summed E-state index contributed by atoms with van der Waals surface area (Å²) in [5.41, 5.74) is 3.04. The summed E-state index contributed by atoms with van der Waals surface area (Å²) in [7, 11) is 0. The van der Waals surface area contributed by atoms with Gasteiger partial charge in [0.2, 0.25) is 5.95 Å². The lowest BCUT2D eigenvalue weighted by molar-refractivity contribution is -0.119. The first-order valence-electron chi connectivity index (χ1n) is 8.31. The van der Waals surface area contributed by atoms with Crippen molar-refractivity contribution < 1.29 is 4.79 Å². The van der Waals surface area contributed by atoms with Crippen LogP contribution in [0.15, 0.2) is 48.7 Å². The Balaban J connectivity index is 1.74. The van der Waals surface area contributed by atoms with Gasteiger partial charge in [-0.3, -0.25) is 4.79 Å². The van der Waals surface area contributed by atoms with Crippen LogP contribution in [0.4, 0.5) is 11.6 Å². The summed E-state index contributed by atoms with van der Waals surface area (Å²) in [4.78, 5) is 19.2. The van der Waals surface area contributed by atoms with Gasteiger partial charge in [-0.25, -0.2) is 9.88 Å². The van der Waals surface area contributed by atoms with Crippen LogP contribution in [0.25, 0.3) is 0 Å². The number of aromatic nitrogens is 2. The van der Waals surface area contributed by atoms with Crippen molar-refractivity contribution in [2.24, 2.45) is 0 Å². The molecule has 0 saturated heterocycles. The molecule has 0 fully saturated rings. The molecular formula is C20H14Cl2N4O. The number of carbonyl (C=O) groups is 1. The third-order valence-corrected chi connectivity index (χ3v) is 5.03. The van der Waals surface area contributed by atoms with Gasteiger partial charge in [0.05, 0.1) is 23.5 Å². The average molecular weight is 397 g/mol. The lowest BCUT2D eigenvalue weighted by Crippen LogP contribution is -2.26. The molecule has 5 nitrogen and oxygen atoms in total. The fraction of sp³-hybridized carbons (Fsp3) is 0.150. The maximum absolute atomic E-state index is 13.3. The third kappa shape index (κ3) is 3.08. The Labute approximate surface area is 166 Å². The van der Waals surface area contributed by atoms with Crippen LogP contribution in [0.3, 0.4) is 0 Å². The standard InChI is InChI=1S/C20H14Cl2N4O/c1-12-11-24-20-25(12)18(6-13-2-4-14(10-23)5-3-13)19(27)26(20)17-8-15(21)7-16(22)9-17/h2-5,7-9,11,18H,6H2,1H3. The highest BCUT2D eigenvalue weighted by atomic mass is 35.5. The van der Waals surface area contributed by atoms with Crippen molar-refractivity contribution in [2.75, 3.05) is 4.90 Å². The highest BCUT2D eigenvalue weighted by Gasteiger charge is 2.40. The molecule has 1 aliphatic heterocycles. The lowest BCUT2D eigenvalue weighted by Gasteiger charge is -2.16. The summed E-state index contributed by atoms with van der Waals surface area (Å²) in [5, 5.41) is 9.86. The van der Waals surface area contributed by atoms with Crippen LogP contribution < -0.4 is 4.90 Å². The van der Waals surface area contributed by atoms with Crippen LogP contribution in [-0.2, 0) is 11.2 Å². The topological polar surface area (TPSA) is 61.9 Å². The lowest BCUT2D eigenvalue weighted by atomic mass is 10.0. The van der Waals surface area contributed by atoms with Crippen molar-refractivity contribution in [3.05, 3.63) is 75.5 Å². The number of imidazole rings is 1. The molecule has 4 rings (SSSR count). The molecule has 27 heavy (non-hydrogen) atoms.